The SMILES string of the molecule is CC(C)[C@H](OC(=O)[C@H](C)NC(=O)OC(C)(C)C)C(=O)c1ccccc1. The number of nitrogens with one attached hydrogen (secondary N) is 1. The summed E-state index contributed by atoms with van der Waals surface area (Å²) in [4.78, 5) is 36.6. The third kappa shape index (κ3) is 6.95. The maximum atomic E-state index is 12.6. The lowest BCUT2D eigenvalue weighted by Gasteiger charge is -2.24. The van der Waals surface area contributed by atoms with Crippen LogP contribution in [0.15, 0.2) is 30.3 Å². The van der Waals surface area contributed by atoms with Gasteiger partial charge in [0.25, 0.3) is 0 Å². The zero-order valence-electron chi connectivity index (χ0n) is 15.7. The van der Waals surface area contributed by atoms with Gasteiger partial charge in [-0.25, -0.2) is 9.59 Å². The molecule has 1 aromatic rings. The van der Waals surface area contributed by atoms with Gasteiger partial charge in [-0.3, -0.25) is 4.79 Å². The molecule has 0 spiro atoms. The highest BCUT2D eigenvalue weighted by molar-refractivity contribution is 6.00. The monoisotopic (exact) mass is 349 g/mol. The third-order valence-electron chi connectivity index (χ3n) is 3.25. The second-order valence-electron chi connectivity index (χ2n) is 7.20. The van der Waals surface area contributed by atoms with Crippen LogP contribution in [-0.2, 0) is 14.3 Å². The highest BCUT2D eigenvalue weighted by atomic mass is 16.6. The minimum Gasteiger partial charge on any atom is -0.452 e. The molecule has 2 atom stereocenters. The topological polar surface area (TPSA) is 81.7 Å². The fraction of sp³-hybridized carbons (Fsp3) is 0.526. The zero-order chi connectivity index (χ0) is 19.2. The standard InChI is InChI=1S/C19H27NO5/c1-12(2)16(15(21)14-10-8-7-9-11-14)24-17(22)13(3)20-18(23)25-19(4,5)6/h7-13,16H,1-6H3,(H,20,23)/t13-,16-/m0/s1. The number of esters is 1. The summed E-state index contributed by atoms with van der Waals surface area (Å²) in [5.41, 5.74) is -0.195. The van der Waals surface area contributed by atoms with E-state index in [1.807, 2.05) is 0 Å². The first-order chi connectivity index (χ1) is 11.5. The van der Waals surface area contributed by atoms with Gasteiger partial charge in [0.2, 0.25) is 5.78 Å². The Balaban J connectivity index is 2.73. The molecule has 6 nitrogen and oxygen atoms in total. The van der Waals surface area contributed by atoms with Crippen molar-refractivity contribution in [3.05, 3.63) is 35.9 Å². The minimum atomic E-state index is -0.931. The van der Waals surface area contributed by atoms with Gasteiger partial charge < -0.3 is 14.8 Å². The Labute approximate surface area is 148 Å². The molecule has 6 heteroatoms. The molecule has 0 aromatic heterocycles. The molecule has 0 fully saturated rings. The summed E-state index contributed by atoms with van der Waals surface area (Å²) in [5, 5.41) is 2.41. The smallest absolute Gasteiger partial charge is 0.408 e. The Kier molecular flexibility index (Phi) is 7.15. The molecule has 1 N–H and O–H groups in total. The van der Waals surface area contributed by atoms with Crippen molar-refractivity contribution >= 4 is 17.8 Å². The Hall–Kier alpha value is -2.37. The second kappa shape index (κ2) is 8.65. The summed E-state index contributed by atoms with van der Waals surface area (Å²) in [7, 11) is 0. The van der Waals surface area contributed by atoms with E-state index in [-0.39, 0.29) is 11.7 Å². The Morgan fingerprint density at radius 3 is 2.04 bits per heavy atom. The van der Waals surface area contributed by atoms with Gasteiger partial charge in [-0.1, -0.05) is 44.2 Å². The summed E-state index contributed by atoms with van der Waals surface area (Å²) in [6, 6.07) is 7.72. The van der Waals surface area contributed by atoms with Crippen molar-refractivity contribution in [1.82, 2.24) is 5.32 Å². The van der Waals surface area contributed by atoms with E-state index in [4.69, 9.17) is 9.47 Å². The van der Waals surface area contributed by atoms with Crippen LogP contribution in [0.1, 0.15) is 51.9 Å². The molecule has 0 aliphatic heterocycles. The minimum absolute atomic E-state index is 0.203. The van der Waals surface area contributed by atoms with E-state index in [0.717, 1.165) is 0 Å². The number of hydrogen-bond acceptors (Lipinski definition) is 5. The van der Waals surface area contributed by atoms with Crippen LogP contribution in [0.25, 0.3) is 0 Å². The third-order valence-corrected chi connectivity index (χ3v) is 3.25. The molecular weight excluding hydrogens is 322 g/mol. The maximum absolute atomic E-state index is 12.6. The summed E-state index contributed by atoms with van der Waals surface area (Å²) in [6.45, 7) is 10.3. The predicted molar refractivity (Wildman–Crippen MR) is 94.3 cm³/mol. The van der Waals surface area contributed by atoms with Gasteiger partial charge in [0.1, 0.15) is 11.6 Å². The number of Topliss-reactive ketones (excluding diaryl/α,β-unsaturated/α-hetero) is 1. The molecule has 0 aliphatic carbocycles. The van der Waals surface area contributed by atoms with Gasteiger partial charge >= 0.3 is 12.1 Å². The molecule has 25 heavy (non-hydrogen) atoms. The quantitative estimate of drug-likeness (QED) is 0.629. The summed E-state index contributed by atoms with van der Waals surface area (Å²) >= 11 is 0. The van der Waals surface area contributed by atoms with Gasteiger partial charge in [-0.15, -0.1) is 0 Å². The van der Waals surface area contributed by atoms with Crippen molar-refractivity contribution in [2.24, 2.45) is 5.92 Å². The van der Waals surface area contributed by atoms with Crippen molar-refractivity contribution in [1.29, 1.82) is 0 Å². The largest absolute Gasteiger partial charge is 0.452 e. The number of benzene rings is 1. The number of amides is 1. The van der Waals surface area contributed by atoms with Crippen LogP contribution in [0.5, 0.6) is 0 Å². The summed E-state index contributed by atoms with van der Waals surface area (Å²) < 4.78 is 10.5. The maximum Gasteiger partial charge on any atom is 0.408 e. The fourth-order valence-electron chi connectivity index (χ4n) is 2.03. The average Bonchev–Trinajstić information content (AvgIpc) is 2.50. The Morgan fingerprint density at radius 2 is 1.56 bits per heavy atom. The van der Waals surface area contributed by atoms with Crippen molar-refractivity contribution in [2.75, 3.05) is 0 Å². The first-order valence-corrected chi connectivity index (χ1v) is 8.30. The van der Waals surface area contributed by atoms with E-state index < -0.39 is 29.8 Å². The number of ketones is 1. The fourth-order valence-corrected chi connectivity index (χ4v) is 2.03. The van der Waals surface area contributed by atoms with E-state index >= 15 is 0 Å². The highest BCUT2D eigenvalue weighted by Crippen LogP contribution is 2.15. The number of carbonyl (C=O) groups is 3. The van der Waals surface area contributed by atoms with Crippen LogP contribution in [-0.4, -0.2) is 35.6 Å². The molecule has 0 saturated heterocycles. The number of hydrogen-bond donors (Lipinski definition) is 1. The Morgan fingerprint density at radius 1 is 1.00 bits per heavy atom. The highest BCUT2D eigenvalue weighted by Gasteiger charge is 2.30. The van der Waals surface area contributed by atoms with Crippen LogP contribution in [0, 0.1) is 5.92 Å². The van der Waals surface area contributed by atoms with E-state index in [2.05, 4.69) is 5.32 Å². The molecule has 0 heterocycles. The molecule has 1 rings (SSSR count). The number of alkyl carbamates (subject to hydrolysis) is 1. The second-order valence-corrected chi connectivity index (χ2v) is 7.20. The lowest BCUT2D eigenvalue weighted by molar-refractivity contribution is -0.150. The lowest BCUT2D eigenvalue weighted by Crippen LogP contribution is -2.45. The van der Waals surface area contributed by atoms with Crippen molar-refractivity contribution < 1.29 is 23.9 Å². The van der Waals surface area contributed by atoms with Crippen LogP contribution in [0.2, 0.25) is 0 Å². The first kappa shape index (κ1) is 20.7. The van der Waals surface area contributed by atoms with E-state index in [0.29, 0.717) is 5.56 Å². The summed E-state index contributed by atoms with van der Waals surface area (Å²) in [5.74, 6) is -1.16. The number of carbonyl (C=O) groups excluding carboxylic acids is 3. The van der Waals surface area contributed by atoms with E-state index in [1.54, 1.807) is 65.0 Å². The summed E-state index contributed by atoms with van der Waals surface area (Å²) in [6.07, 6.45) is -1.63. The zero-order valence-corrected chi connectivity index (χ0v) is 15.7. The van der Waals surface area contributed by atoms with Gasteiger partial charge in [-0.2, -0.15) is 0 Å². The van der Waals surface area contributed by atoms with Crippen molar-refractivity contribution in [3.63, 3.8) is 0 Å². The molecule has 0 aliphatic rings. The van der Waals surface area contributed by atoms with Crippen molar-refractivity contribution in [3.8, 4) is 0 Å². The number of rotatable bonds is 6. The van der Waals surface area contributed by atoms with Gasteiger partial charge in [0.05, 0.1) is 0 Å². The van der Waals surface area contributed by atoms with E-state index in [9.17, 15) is 14.4 Å². The molecule has 0 saturated carbocycles. The van der Waals surface area contributed by atoms with Gasteiger partial charge in [0.15, 0.2) is 6.10 Å². The van der Waals surface area contributed by atoms with Crippen LogP contribution >= 0.6 is 0 Å². The van der Waals surface area contributed by atoms with Gasteiger partial charge in [-0.05, 0) is 33.6 Å². The van der Waals surface area contributed by atoms with Crippen LogP contribution in [0.4, 0.5) is 4.79 Å². The molecule has 1 amide bonds. The molecule has 138 valence electrons. The van der Waals surface area contributed by atoms with Crippen molar-refractivity contribution in [2.45, 2.75) is 59.3 Å². The van der Waals surface area contributed by atoms with E-state index in [1.165, 1.54) is 6.92 Å². The number of ether oxygens (including phenoxy) is 2. The molecule has 0 radical (unpaired) electrons. The average molecular weight is 349 g/mol. The molecule has 0 unspecified atom stereocenters. The normalized spacial score (nSPS) is 13.7. The predicted octanol–water partition coefficient (Wildman–Crippen LogP) is 3.35. The van der Waals surface area contributed by atoms with Gasteiger partial charge in [0, 0.05) is 5.56 Å². The van der Waals surface area contributed by atoms with Crippen LogP contribution < -0.4 is 5.32 Å². The lowest BCUT2D eigenvalue weighted by atomic mass is 9.97. The first-order valence-electron chi connectivity index (χ1n) is 8.30. The molecule has 1 aromatic carbocycles. The van der Waals surface area contributed by atoms with Crippen LogP contribution in [0.3, 0.4) is 0 Å². The Bertz CT molecular complexity index is 604. The molecular formula is C19H27NO5. The molecule has 0 bridgehead atoms.